The highest BCUT2D eigenvalue weighted by molar-refractivity contribution is 5.68. The first-order chi connectivity index (χ1) is 5.73. The van der Waals surface area contributed by atoms with E-state index >= 15 is 0 Å². The Morgan fingerprint density at radius 1 is 1.58 bits per heavy atom. The second-order valence-electron chi connectivity index (χ2n) is 3.93. The van der Waals surface area contributed by atoms with Crippen molar-refractivity contribution in [3.63, 3.8) is 0 Å². The topological polar surface area (TPSA) is 46.5 Å². The monoisotopic (exact) mass is 170 g/mol. The van der Waals surface area contributed by atoms with Gasteiger partial charge in [0.2, 0.25) is 0 Å². The summed E-state index contributed by atoms with van der Waals surface area (Å²) in [6.45, 7) is 0.825. The summed E-state index contributed by atoms with van der Waals surface area (Å²) >= 11 is 0. The van der Waals surface area contributed by atoms with E-state index in [4.69, 9.17) is 9.84 Å². The van der Waals surface area contributed by atoms with Crippen LogP contribution in [0.1, 0.15) is 32.1 Å². The van der Waals surface area contributed by atoms with E-state index in [1.165, 1.54) is 0 Å². The second kappa shape index (κ2) is 2.73. The molecule has 68 valence electrons. The lowest BCUT2D eigenvalue weighted by atomic mass is 9.93. The molecule has 2 fully saturated rings. The van der Waals surface area contributed by atoms with Crippen molar-refractivity contribution < 1.29 is 14.6 Å². The molecule has 0 aromatic carbocycles. The van der Waals surface area contributed by atoms with Crippen molar-refractivity contribution >= 4 is 5.97 Å². The van der Waals surface area contributed by atoms with Crippen LogP contribution < -0.4 is 0 Å². The van der Waals surface area contributed by atoms with E-state index in [2.05, 4.69) is 0 Å². The van der Waals surface area contributed by atoms with Gasteiger partial charge in [0.05, 0.1) is 12.5 Å². The number of hydrogen-bond donors (Lipinski definition) is 1. The molecule has 0 radical (unpaired) electrons. The molecule has 3 nitrogen and oxygen atoms in total. The van der Waals surface area contributed by atoms with Crippen LogP contribution in [0.15, 0.2) is 0 Å². The summed E-state index contributed by atoms with van der Waals surface area (Å²) in [4.78, 5) is 10.6. The summed E-state index contributed by atoms with van der Waals surface area (Å²) in [5.74, 6) is -0.678. The Morgan fingerprint density at radius 3 is 2.75 bits per heavy atom. The number of hydrogen-bond acceptors (Lipinski definition) is 2. The van der Waals surface area contributed by atoms with E-state index in [1.54, 1.807) is 0 Å². The smallest absolute Gasteiger partial charge is 0.304 e. The number of carboxylic acids is 1. The van der Waals surface area contributed by atoms with E-state index in [1.807, 2.05) is 0 Å². The molecule has 0 spiro atoms. The molecule has 3 heteroatoms. The molecule has 1 heterocycles. The van der Waals surface area contributed by atoms with Crippen LogP contribution in [0, 0.1) is 5.41 Å². The predicted molar refractivity (Wildman–Crippen MR) is 42.9 cm³/mol. The van der Waals surface area contributed by atoms with Gasteiger partial charge in [0.25, 0.3) is 0 Å². The maximum atomic E-state index is 10.6. The summed E-state index contributed by atoms with van der Waals surface area (Å²) in [5, 5.41) is 8.69. The van der Waals surface area contributed by atoms with Crippen molar-refractivity contribution in [3.05, 3.63) is 0 Å². The summed E-state index contributed by atoms with van der Waals surface area (Å²) in [5.41, 5.74) is 0.0301. The third-order valence-electron chi connectivity index (χ3n) is 3.01. The Kier molecular flexibility index (Phi) is 1.83. The van der Waals surface area contributed by atoms with Crippen molar-refractivity contribution in [1.29, 1.82) is 0 Å². The van der Waals surface area contributed by atoms with E-state index in [9.17, 15) is 4.79 Å². The normalized spacial score (nSPS) is 31.8. The van der Waals surface area contributed by atoms with Crippen LogP contribution in [0.4, 0.5) is 0 Å². The lowest BCUT2D eigenvalue weighted by molar-refractivity contribution is -0.139. The van der Waals surface area contributed by atoms with E-state index in [0.29, 0.717) is 6.42 Å². The minimum absolute atomic E-state index is 0.0301. The maximum absolute atomic E-state index is 10.6. The molecule has 1 atom stereocenters. The number of aliphatic carboxylic acids is 1. The molecule has 1 aliphatic heterocycles. The molecule has 0 aromatic rings. The first-order valence-electron chi connectivity index (χ1n) is 4.56. The zero-order valence-electron chi connectivity index (χ0n) is 7.08. The molecule has 2 rings (SSSR count). The molecule has 0 aromatic heterocycles. The standard InChI is InChI=1S/C9H14O3/c10-8(11)6-9(3-4-9)7-2-1-5-12-7/h7H,1-6H2,(H,10,11). The minimum atomic E-state index is -0.678. The van der Waals surface area contributed by atoms with Crippen LogP contribution in [0.25, 0.3) is 0 Å². The van der Waals surface area contributed by atoms with Gasteiger partial charge in [-0.15, -0.1) is 0 Å². The van der Waals surface area contributed by atoms with E-state index in [0.717, 1.165) is 32.3 Å². The highest BCUT2D eigenvalue weighted by Crippen LogP contribution is 2.55. The van der Waals surface area contributed by atoms with Gasteiger partial charge in [-0.25, -0.2) is 0 Å². The Labute approximate surface area is 71.7 Å². The second-order valence-corrected chi connectivity index (χ2v) is 3.93. The van der Waals surface area contributed by atoms with Crippen LogP contribution in [0.3, 0.4) is 0 Å². The van der Waals surface area contributed by atoms with Gasteiger partial charge >= 0.3 is 5.97 Å². The van der Waals surface area contributed by atoms with Crippen molar-refractivity contribution in [1.82, 2.24) is 0 Å². The van der Waals surface area contributed by atoms with Crippen molar-refractivity contribution in [2.45, 2.75) is 38.2 Å². The fourth-order valence-corrected chi connectivity index (χ4v) is 2.13. The summed E-state index contributed by atoms with van der Waals surface area (Å²) in [6.07, 6.45) is 4.80. The van der Waals surface area contributed by atoms with Gasteiger partial charge in [0.15, 0.2) is 0 Å². The molecule has 1 aliphatic carbocycles. The first kappa shape index (κ1) is 8.05. The van der Waals surface area contributed by atoms with Gasteiger partial charge < -0.3 is 9.84 Å². The van der Waals surface area contributed by atoms with E-state index < -0.39 is 5.97 Å². The molecule has 0 bridgehead atoms. The largest absolute Gasteiger partial charge is 0.481 e. The van der Waals surface area contributed by atoms with E-state index in [-0.39, 0.29) is 11.5 Å². The molecular formula is C9H14O3. The Hall–Kier alpha value is -0.570. The summed E-state index contributed by atoms with van der Waals surface area (Å²) in [7, 11) is 0. The average molecular weight is 170 g/mol. The summed E-state index contributed by atoms with van der Waals surface area (Å²) < 4.78 is 5.52. The van der Waals surface area contributed by atoms with Gasteiger partial charge in [-0.3, -0.25) is 4.79 Å². The molecular weight excluding hydrogens is 156 g/mol. The van der Waals surface area contributed by atoms with Crippen LogP contribution in [-0.4, -0.2) is 23.8 Å². The Balaban J connectivity index is 1.95. The van der Waals surface area contributed by atoms with Crippen molar-refractivity contribution in [2.24, 2.45) is 5.41 Å². The number of ether oxygens (including phenoxy) is 1. The van der Waals surface area contributed by atoms with Gasteiger partial charge in [0, 0.05) is 12.0 Å². The van der Waals surface area contributed by atoms with Crippen LogP contribution in [0.5, 0.6) is 0 Å². The zero-order chi connectivity index (χ0) is 8.60. The molecule has 1 N–H and O–H groups in total. The summed E-state index contributed by atoms with van der Waals surface area (Å²) in [6, 6.07) is 0. The van der Waals surface area contributed by atoms with Gasteiger partial charge in [-0.05, 0) is 25.7 Å². The fourth-order valence-electron chi connectivity index (χ4n) is 2.13. The molecule has 1 saturated heterocycles. The Morgan fingerprint density at radius 2 is 2.33 bits per heavy atom. The minimum Gasteiger partial charge on any atom is -0.481 e. The van der Waals surface area contributed by atoms with Crippen LogP contribution >= 0.6 is 0 Å². The highest BCUT2D eigenvalue weighted by Gasteiger charge is 2.52. The lowest BCUT2D eigenvalue weighted by Crippen LogP contribution is -2.23. The lowest BCUT2D eigenvalue weighted by Gasteiger charge is -2.19. The zero-order valence-corrected chi connectivity index (χ0v) is 7.08. The number of rotatable bonds is 3. The maximum Gasteiger partial charge on any atom is 0.304 e. The van der Waals surface area contributed by atoms with Gasteiger partial charge in [0.1, 0.15) is 0 Å². The van der Waals surface area contributed by atoms with Gasteiger partial charge in [-0.2, -0.15) is 0 Å². The molecule has 2 aliphatic rings. The third-order valence-corrected chi connectivity index (χ3v) is 3.01. The fraction of sp³-hybridized carbons (Fsp3) is 0.889. The van der Waals surface area contributed by atoms with Crippen molar-refractivity contribution in [3.8, 4) is 0 Å². The number of carbonyl (C=O) groups is 1. The number of carboxylic acid groups (broad SMARTS) is 1. The van der Waals surface area contributed by atoms with Crippen LogP contribution in [0.2, 0.25) is 0 Å². The molecule has 12 heavy (non-hydrogen) atoms. The van der Waals surface area contributed by atoms with Crippen LogP contribution in [-0.2, 0) is 9.53 Å². The molecule has 1 unspecified atom stereocenters. The first-order valence-corrected chi connectivity index (χ1v) is 4.56. The SMILES string of the molecule is O=C(O)CC1(C2CCCO2)CC1. The molecule has 0 amide bonds. The quantitative estimate of drug-likeness (QED) is 0.696. The Bertz CT molecular complexity index is 190. The highest BCUT2D eigenvalue weighted by atomic mass is 16.5. The van der Waals surface area contributed by atoms with Gasteiger partial charge in [-0.1, -0.05) is 0 Å². The average Bonchev–Trinajstić information content (AvgIpc) is 2.61. The third kappa shape index (κ3) is 1.33. The predicted octanol–water partition coefficient (Wildman–Crippen LogP) is 1.42. The molecule has 1 saturated carbocycles. The van der Waals surface area contributed by atoms with Crippen molar-refractivity contribution in [2.75, 3.05) is 6.61 Å².